The maximum Gasteiger partial charge on any atom is 0.198 e. The van der Waals surface area contributed by atoms with Crippen molar-refractivity contribution >= 4 is 5.78 Å². The molecule has 17 heavy (non-hydrogen) atoms. The molecule has 1 unspecified atom stereocenters. The molecule has 0 saturated carbocycles. The fourth-order valence-electron chi connectivity index (χ4n) is 0.949. The van der Waals surface area contributed by atoms with Gasteiger partial charge in [-0.15, -0.1) is 0 Å². The molecule has 0 radical (unpaired) electrons. The molecular weight excluding hydrogens is 238 g/mol. The minimum atomic E-state index is -2.27. The number of nitrogens with zero attached hydrogens (tertiary/aromatic N) is 3. The zero-order valence-electron chi connectivity index (χ0n) is 8.53. The molecule has 10 nitrogen and oxygen atoms in total. The summed E-state index contributed by atoms with van der Waals surface area (Å²) >= 11 is 0. The molecule has 0 spiro atoms. The van der Waals surface area contributed by atoms with Crippen molar-refractivity contribution in [1.29, 1.82) is 0 Å². The maximum absolute atomic E-state index is 11.1. The van der Waals surface area contributed by atoms with E-state index in [0.29, 0.717) is 0 Å². The van der Waals surface area contributed by atoms with Crippen molar-refractivity contribution in [2.24, 2.45) is 5.11 Å². The first-order valence-electron chi connectivity index (χ1n) is 4.46. The molecule has 0 saturated heterocycles. The second kappa shape index (κ2) is 7.14. The Morgan fingerprint density at radius 3 is 2.12 bits per heavy atom. The van der Waals surface area contributed by atoms with Gasteiger partial charge in [0.05, 0.1) is 6.61 Å². The van der Waals surface area contributed by atoms with E-state index in [4.69, 9.17) is 26.0 Å². The van der Waals surface area contributed by atoms with Gasteiger partial charge in [0.25, 0.3) is 0 Å². The molecule has 0 aliphatic carbocycles. The minimum absolute atomic E-state index is 0.905. The molecule has 0 rings (SSSR count). The first-order valence-corrected chi connectivity index (χ1v) is 4.46. The fraction of sp³-hybridized carbons (Fsp3) is 0.857. The molecule has 0 amide bonds. The Morgan fingerprint density at radius 1 is 1.18 bits per heavy atom. The van der Waals surface area contributed by atoms with Crippen molar-refractivity contribution in [2.45, 2.75) is 30.6 Å². The molecule has 98 valence electrons. The summed E-state index contributed by atoms with van der Waals surface area (Å²) in [4.78, 5) is 13.2. The highest BCUT2D eigenvalue weighted by Gasteiger charge is 2.36. The third-order valence-electron chi connectivity index (χ3n) is 1.96. The van der Waals surface area contributed by atoms with E-state index in [0.717, 1.165) is 0 Å². The van der Waals surface area contributed by atoms with Gasteiger partial charge in [0.15, 0.2) is 12.0 Å². The lowest BCUT2D eigenvalue weighted by molar-refractivity contribution is -0.153. The SMILES string of the molecule is [N-]=[N+]=NC(O)C(=O)[C@@H](O)[C@@H](O)[C@H](O)[C@H](O)CO. The number of aliphatic hydroxyl groups is 6. The molecule has 0 aromatic heterocycles. The molecule has 0 fully saturated rings. The average molecular weight is 251 g/mol. The number of carbonyl (C=O) groups excluding carboxylic acids is 1. The summed E-state index contributed by atoms with van der Waals surface area (Å²) in [6, 6.07) is 0. The predicted molar refractivity (Wildman–Crippen MR) is 51.3 cm³/mol. The lowest BCUT2D eigenvalue weighted by Gasteiger charge is -2.25. The van der Waals surface area contributed by atoms with Crippen molar-refractivity contribution in [2.75, 3.05) is 6.61 Å². The molecule has 0 aromatic carbocycles. The van der Waals surface area contributed by atoms with Gasteiger partial charge < -0.3 is 30.6 Å². The van der Waals surface area contributed by atoms with Gasteiger partial charge in [-0.05, 0) is 5.53 Å². The second-order valence-electron chi connectivity index (χ2n) is 3.16. The van der Waals surface area contributed by atoms with Gasteiger partial charge in [0, 0.05) is 4.91 Å². The van der Waals surface area contributed by atoms with E-state index < -0.39 is 43.0 Å². The van der Waals surface area contributed by atoms with Crippen molar-refractivity contribution in [3.63, 3.8) is 0 Å². The van der Waals surface area contributed by atoms with Crippen molar-refractivity contribution < 1.29 is 35.4 Å². The van der Waals surface area contributed by atoms with Gasteiger partial charge in [-0.25, -0.2) is 0 Å². The van der Waals surface area contributed by atoms with Crippen LogP contribution in [0.3, 0.4) is 0 Å². The molecule has 0 bridgehead atoms. The zero-order chi connectivity index (χ0) is 13.6. The summed E-state index contributed by atoms with van der Waals surface area (Å²) in [6.45, 7) is -0.905. The van der Waals surface area contributed by atoms with Crippen LogP contribution in [-0.4, -0.2) is 73.7 Å². The summed E-state index contributed by atoms with van der Waals surface area (Å²) in [7, 11) is 0. The Morgan fingerprint density at radius 2 is 1.71 bits per heavy atom. The monoisotopic (exact) mass is 251 g/mol. The Kier molecular flexibility index (Phi) is 6.61. The highest BCUT2D eigenvalue weighted by atomic mass is 16.4. The van der Waals surface area contributed by atoms with E-state index in [1.807, 2.05) is 0 Å². The van der Waals surface area contributed by atoms with Crippen LogP contribution in [0, 0.1) is 0 Å². The number of Topliss-reactive ketones (excluding diaryl/α,β-unsaturated/α-hetero) is 1. The predicted octanol–water partition coefficient (Wildman–Crippen LogP) is -3.38. The summed E-state index contributed by atoms with van der Waals surface area (Å²) in [5.41, 5.74) is 7.92. The van der Waals surface area contributed by atoms with E-state index in [2.05, 4.69) is 10.0 Å². The molecule has 6 N–H and O–H groups in total. The molecule has 0 aliphatic rings. The van der Waals surface area contributed by atoms with Gasteiger partial charge in [-0.3, -0.25) is 4.79 Å². The number of azide groups is 1. The van der Waals surface area contributed by atoms with Gasteiger partial charge >= 0.3 is 0 Å². The normalized spacial score (nSPS) is 19.6. The Hall–Kier alpha value is -1.26. The quantitative estimate of drug-likeness (QED) is 0.154. The summed E-state index contributed by atoms with van der Waals surface area (Å²) in [5.74, 6) is -1.44. The molecule has 0 aliphatic heterocycles. The van der Waals surface area contributed by atoms with Crippen LogP contribution in [0.15, 0.2) is 5.11 Å². The van der Waals surface area contributed by atoms with E-state index in [-0.39, 0.29) is 0 Å². The van der Waals surface area contributed by atoms with E-state index in [1.165, 1.54) is 0 Å². The van der Waals surface area contributed by atoms with Crippen LogP contribution in [0.1, 0.15) is 0 Å². The number of ketones is 1. The van der Waals surface area contributed by atoms with Gasteiger partial charge in [0.2, 0.25) is 0 Å². The Labute approximate surface area is 95.0 Å². The first kappa shape index (κ1) is 15.7. The van der Waals surface area contributed by atoms with Crippen LogP contribution in [0.25, 0.3) is 10.4 Å². The van der Waals surface area contributed by atoms with Crippen LogP contribution in [0.2, 0.25) is 0 Å². The molecule has 10 heteroatoms. The van der Waals surface area contributed by atoms with E-state index >= 15 is 0 Å². The van der Waals surface area contributed by atoms with Crippen molar-refractivity contribution in [3.05, 3.63) is 10.4 Å². The number of carbonyl (C=O) groups is 1. The number of hydrogen-bond acceptors (Lipinski definition) is 8. The second-order valence-corrected chi connectivity index (χ2v) is 3.16. The van der Waals surface area contributed by atoms with Crippen LogP contribution in [0.5, 0.6) is 0 Å². The standard InChI is InChI=1S/C7H13N3O7/c8-10-9-7(17)6(16)5(15)4(14)3(13)2(12)1-11/h2-5,7,11-15,17H,1H2/t2-,3-,4+,5+,7?/m1/s1. The van der Waals surface area contributed by atoms with E-state index in [1.54, 1.807) is 0 Å². The van der Waals surface area contributed by atoms with Crippen LogP contribution < -0.4 is 0 Å². The van der Waals surface area contributed by atoms with Crippen molar-refractivity contribution in [3.8, 4) is 0 Å². The third kappa shape index (κ3) is 4.24. The first-order chi connectivity index (χ1) is 7.86. The lowest BCUT2D eigenvalue weighted by Crippen LogP contribution is -2.50. The Bertz CT molecular complexity index is 306. The highest BCUT2D eigenvalue weighted by Crippen LogP contribution is 2.08. The van der Waals surface area contributed by atoms with Gasteiger partial charge in [0.1, 0.15) is 24.4 Å². The molecular formula is C7H13N3O7. The van der Waals surface area contributed by atoms with Crippen LogP contribution in [-0.2, 0) is 4.79 Å². The van der Waals surface area contributed by atoms with Crippen LogP contribution >= 0.6 is 0 Å². The summed E-state index contributed by atoms with van der Waals surface area (Å²) in [5, 5.41) is 56.5. The minimum Gasteiger partial charge on any atom is -0.394 e. The smallest absolute Gasteiger partial charge is 0.198 e. The summed E-state index contributed by atoms with van der Waals surface area (Å²) < 4.78 is 0. The fourth-order valence-corrected chi connectivity index (χ4v) is 0.949. The average Bonchev–Trinajstić information content (AvgIpc) is 2.34. The highest BCUT2D eigenvalue weighted by molar-refractivity contribution is 5.87. The molecule has 0 heterocycles. The molecule has 0 aromatic rings. The number of rotatable bonds is 7. The maximum atomic E-state index is 11.1. The van der Waals surface area contributed by atoms with E-state index in [9.17, 15) is 15.0 Å². The zero-order valence-corrected chi connectivity index (χ0v) is 8.53. The number of aliphatic hydroxyl groups excluding tert-OH is 6. The molecule has 5 atom stereocenters. The lowest BCUT2D eigenvalue weighted by atomic mass is 10.00. The van der Waals surface area contributed by atoms with Gasteiger partial charge in [-0.1, -0.05) is 5.11 Å². The third-order valence-corrected chi connectivity index (χ3v) is 1.96. The van der Waals surface area contributed by atoms with Crippen molar-refractivity contribution in [1.82, 2.24) is 0 Å². The topological polar surface area (TPSA) is 187 Å². The largest absolute Gasteiger partial charge is 0.394 e. The Balaban J connectivity index is 4.63. The van der Waals surface area contributed by atoms with Crippen LogP contribution in [0.4, 0.5) is 0 Å². The summed E-state index contributed by atoms with van der Waals surface area (Å²) in [6.07, 6.45) is -10.4. The van der Waals surface area contributed by atoms with Gasteiger partial charge in [-0.2, -0.15) is 0 Å². The number of hydrogen-bond donors (Lipinski definition) is 6.